The summed E-state index contributed by atoms with van der Waals surface area (Å²) in [6, 6.07) is 6.68. The molecular weight excluding hydrogens is 158 g/mol. The Bertz CT molecular complexity index is 369. The molecule has 0 aromatic heterocycles. The summed E-state index contributed by atoms with van der Waals surface area (Å²) in [7, 11) is 0. The van der Waals surface area contributed by atoms with Gasteiger partial charge in [-0.2, -0.15) is 0 Å². The van der Waals surface area contributed by atoms with Crippen molar-refractivity contribution in [2.45, 2.75) is 25.7 Å². The fourth-order valence-corrected chi connectivity index (χ4v) is 2.77. The van der Waals surface area contributed by atoms with Crippen LogP contribution in [0.4, 0.5) is 5.69 Å². The molecule has 1 aliphatic heterocycles. The van der Waals surface area contributed by atoms with Crippen LogP contribution in [-0.2, 0) is 5.41 Å². The van der Waals surface area contributed by atoms with Gasteiger partial charge in [0.1, 0.15) is 0 Å². The van der Waals surface area contributed by atoms with Crippen molar-refractivity contribution in [2.24, 2.45) is 5.92 Å². The molecule has 0 saturated heterocycles. The van der Waals surface area contributed by atoms with Crippen LogP contribution in [0.5, 0.6) is 0 Å². The molecule has 1 aromatic carbocycles. The van der Waals surface area contributed by atoms with Crippen LogP contribution in [0.3, 0.4) is 0 Å². The van der Waals surface area contributed by atoms with E-state index in [-0.39, 0.29) is 0 Å². The first kappa shape index (κ1) is 7.43. The van der Waals surface area contributed by atoms with E-state index in [1.807, 2.05) is 0 Å². The zero-order valence-electron chi connectivity index (χ0n) is 8.22. The van der Waals surface area contributed by atoms with Crippen LogP contribution in [0.2, 0.25) is 0 Å². The van der Waals surface area contributed by atoms with E-state index in [9.17, 15) is 0 Å². The van der Waals surface area contributed by atoms with Gasteiger partial charge in [0.2, 0.25) is 0 Å². The Morgan fingerprint density at radius 3 is 2.92 bits per heavy atom. The standard InChI is InChI=1S/C12H15N/c1-8-4-3-5-10-11(8)13-7-12(10)6-9(12)2/h3-5,9,13H,6-7H2,1-2H3. The largest absolute Gasteiger partial charge is 0.384 e. The molecule has 1 heterocycles. The summed E-state index contributed by atoms with van der Waals surface area (Å²) in [4.78, 5) is 0. The highest BCUT2D eigenvalue weighted by molar-refractivity contribution is 5.67. The smallest absolute Gasteiger partial charge is 0.0409 e. The Morgan fingerprint density at radius 2 is 2.23 bits per heavy atom. The molecular formula is C12H15N. The van der Waals surface area contributed by atoms with Crippen LogP contribution in [0.25, 0.3) is 0 Å². The van der Waals surface area contributed by atoms with Crippen molar-refractivity contribution >= 4 is 5.69 Å². The van der Waals surface area contributed by atoms with Gasteiger partial charge in [-0.15, -0.1) is 0 Å². The van der Waals surface area contributed by atoms with Gasteiger partial charge in [-0.25, -0.2) is 0 Å². The predicted octanol–water partition coefficient (Wildman–Crippen LogP) is 2.70. The number of fused-ring (bicyclic) bond motifs is 2. The first-order valence-corrected chi connectivity index (χ1v) is 5.08. The van der Waals surface area contributed by atoms with E-state index in [1.54, 1.807) is 5.56 Å². The summed E-state index contributed by atoms with van der Waals surface area (Å²) in [6.07, 6.45) is 1.37. The maximum absolute atomic E-state index is 3.55. The molecule has 68 valence electrons. The van der Waals surface area contributed by atoms with Crippen molar-refractivity contribution in [1.82, 2.24) is 0 Å². The molecule has 1 nitrogen and oxygen atoms in total. The lowest BCUT2D eigenvalue weighted by Crippen LogP contribution is -2.11. The number of nitrogens with one attached hydrogen (secondary N) is 1. The van der Waals surface area contributed by atoms with Gasteiger partial charge in [0.25, 0.3) is 0 Å². The van der Waals surface area contributed by atoms with Gasteiger partial charge in [-0.3, -0.25) is 0 Å². The molecule has 1 aromatic rings. The first-order chi connectivity index (χ1) is 6.24. The monoisotopic (exact) mass is 173 g/mol. The number of hydrogen-bond donors (Lipinski definition) is 1. The predicted molar refractivity (Wildman–Crippen MR) is 55.1 cm³/mol. The summed E-state index contributed by atoms with van der Waals surface area (Å²) < 4.78 is 0. The van der Waals surface area contributed by atoms with Gasteiger partial charge in [0.05, 0.1) is 0 Å². The molecule has 1 fully saturated rings. The van der Waals surface area contributed by atoms with E-state index in [0.717, 1.165) is 12.5 Å². The third-order valence-electron chi connectivity index (χ3n) is 3.84. The second-order valence-corrected chi connectivity index (χ2v) is 4.61. The van der Waals surface area contributed by atoms with Crippen molar-refractivity contribution in [1.29, 1.82) is 0 Å². The van der Waals surface area contributed by atoms with Crippen molar-refractivity contribution < 1.29 is 0 Å². The summed E-state index contributed by atoms with van der Waals surface area (Å²) in [5.41, 5.74) is 4.89. The molecule has 1 saturated carbocycles. The fraction of sp³-hybridized carbons (Fsp3) is 0.500. The third-order valence-corrected chi connectivity index (χ3v) is 3.84. The van der Waals surface area contributed by atoms with Gasteiger partial charge in [-0.1, -0.05) is 25.1 Å². The van der Waals surface area contributed by atoms with Gasteiger partial charge in [-0.05, 0) is 30.4 Å². The van der Waals surface area contributed by atoms with E-state index >= 15 is 0 Å². The van der Waals surface area contributed by atoms with E-state index in [0.29, 0.717) is 5.41 Å². The highest BCUT2D eigenvalue weighted by atomic mass is 15.0. The van der Waals surface area contributed by atoms with Gasteiger partial charge in [0.15, 0.2) is 0 Å². The topological polar surface area (TPSA) is 12.0 Å². The number of anilines is 1. The average Bonchev–Trinajstić information content (AvgIpc) is 2.57. The number of hydrogen-bond acceptors (Lipinski definition) is 1. The normalized spacial score (nSPS) is 34.5. The quantitative estimate of drug-likeness (QED) is 0.636. The lowest BCUT2D eigenvalue weighted by atomic mass is 9.95. The minimum atomic E-state index is 0.515. The lowest BCUT2D eigenvalue weighted by Gasteiger charge is -2.07. The van der Waals surface area contributed by atoms with Gasteiger partial charge in [0, 0.05) is 17.6 Å². The maximum Gasteiger partial charge on any atom is 0.0409 e. The van der Waals surface area contributed by atoms with Crippen molar-refractivity contribution in [3.05, 3.63) is 29.3 Å². The number of benzene rings is 1. The van der Waals surface area contributed by atoms with E-state index in [2.05, 4.69) is 37.4 Å². The van der Waals surface area contributed by atoms with Crippen LogP contribution >= 0.6 is 0 Å². The van der Waals surface area contributed by atoms with Crippen LogP contribution in [0.1, 0.15) is 24.5 Å². The zero-order valence-corrected chi connectivity index (χ0v) is 8.22. The van der Waals surface area contributed by atoms with Crippen LogP contribution in [-0.4, -0.2) is 6.54 Å². The molecule has 1 N–H and O–H groups in total. The van der Waals surface area contributed by atoms with Crippen molar-refractivity contribution in [2.75, 3.05) is 11.9 Å². The Kier molecular flexibility index (Phi) is 1.19. The Morgan fingerprint density at radius 1 is 1.46 bits per heavy atom. The molecule has 1 aliphatic carbocycles. The number of aryl methyl sites for hydroxylation is 1. The van der Waals surface area contributed by atoms with Crippen molar-refractivity contribution in [3.8, 4) is 0 Å². The van der Waals surface area contributed by atoms with Crippen LogP contribution in [0, 0.1) is 12.8 Å². The summed E-state index contributed by atoms with van der Waals surface area (Å²) >= 11 is 0. The molecule has 0 bridgehead atoms. The third kappa shape index (κ3) is 0.775. The van der Waals surface area contributed by atoms with E-state index in [4.69, 9.17) is 0 Å². The lowest BCUT2D eigenvalue weighted by molar-refractivity contribution is 0.696. The highest BCUT2D eigenvalue weighted by Crippen LogP contribution is 2.59. The molecule has 3 rings (SSSR count). The first-order valence-electron chi connectivity index (χ1n) is 5.08. The Balaban J connectivity index is 2.18. The van der Waals surface area contributed by atoms with Crippen LogP contribution < -0.4 is 5.32 Å². The number of rotatable bonds is 0. The molecule has 13 heavy (non-hydrogen) atoms. The molecule has 0 amide bonds. The second kappa shape index (κ2) is 2.09. The molecule has 0 radical (unpaired) electrons. The minimum Gasteiger partial charge on any atom is -0.384 e. The zero-order chi connectivity index (χ0) is 9.05. The SMILES string of the molecule is Cc1cccc2c1NCC21CC1C. The van der Waals surface area contributed by atoms with E-state index < -0.39 is 0 Å². The minimum absolute atomic E-state index is 0.515. The molecule has 1 heteroatoms. The summed E-state index contributed by atoms with van der Waals surface area (Å²) in [6.45, 7) is 5.71. The second-order valence-electron chi connectivity index (χ2n) is 4.61. The molecule has 2 aliphatic rings. The van der Waals surface area contributed by atoms with Gasteiger partial charge >= 0.3 is 0 Å². The summed E-state index contributed by atoms with van der Waals surface area (Å²) in [5, 5.41) is 3.55. The number of para-hydroxylation sites is 1. The molecule has 2 atom stereocenters. The van der Waals surface area contributed by atoms with Gasteiger partial charge < -0.3 is 5.32 Å². The Labute approximate surface area is 79.2 Å². The van der Waals surface area contributed by atoms with Crippen molar-refractivity contribution in [3.63, 3.8) is 0 Å². The summed E-state index contributed by atoms with van der Waals surface area (Å²) in [5.74, 6) is 0.878. The van der Waals surface area contributed by atoms with E-state index in [1.165, 1.54) is 17.7 Å². The fourth-order valence-electron chi connectivity index (χ4n) is 2.77. The maximum atomic E-state index is 3.55. The highest BCUT2D eigenvalue weighted by Gasteiger charge is 2.55. The van der Waals surface area contributed by atoms with Crippen LogP contribution in [0.15, 0.2) is 18.2 Å². The Hall–Kier alpha value is -0.980. The molecule has 1 spiro atoms. The molecule has 2 unspecified atom stereocenters. The average molecular weight is 173 g/mol.